The molecular weight excluding hydrogens is 294 g/mol. The van der Waals surface area contributed by atoms with E-state index in [2.05, 4.69) is 15.0 Å². The highest BCUT2D eigenvalue weighted by Gasteiger charge is 2.07. The van der Waals surface area contributed by atoms with E-state index in [1.165, 1.54) is 0 Å². The Morgan fingerprint density at radius 3 is 2.39 bits per heavy atom. The van der Waals surface area contributed by atoms with Crippen LogP contribution in [0.5, 0.6) is 0 Å². The molecule has 0 saturated carbocycles. The number of carboxylic acids is 1. The van der Waals surface area contributed by atoms with Crippen molar-refractivity contribution in [1.82, 2.24) is 15.0 Å². The number of carboxylic acid groups (broad SMARTS) is 1. The number of aryl methyl sites for hydroxylation is 2. The van der Waals surface area contributed by atoms with Crippen LogP contribution in [0.3, 0.4) is 0 Å². The van der Waals surface area contributed by atoms with Crippen LogP contribution in [0.25, 0.3) is 11.0 Å². The molecule has 0 amide bonds. The lowest BCUT2D eigenvalue weighted by molar-refractivity contribution is 0.0697. The number of nitrogen functional groups attached to an aromatic ring is 2. The van der Waals surface area contributed by atoms with Gasteiger partial charge in [-0.2, -0.15) is 4.98 Å². The fraction of sp³-hybridized carbons (Fsp3) is 0.125. The Morgan fingerprint density at radius 2 is 1.70 bits per heavy atom. The van der Waals surface area contributed by atoms with Crippen molar-refractivity contribution in [2.45, 2.75) is 12.8 Å². The minimum absolute atomic E-state index is 0.128. The Kier molecular flexibility index (Phi) is 3.76. The summed E-state index contributed by atoms with van der Waals surface area (Å²) in [6.07, 6.45) is 1.44. The van der Waals surface area contributed by atoms with Crippen molar-refractivity contribution in [2.24, 2.45) is 0 Å². The molecule has 0 aliphatic rings. The molecule has 1 aromatic carbocycles. The maximum atomic E-state index is 10.8. The van der Waals surface area contributed by atoms with Crippen molar-refractivity contribution in [3.05, 3.63) is 53.2 Å². The number of fused-ring (bicyclic) bond motifs is 1. The Balaban J connectivity index is 1.78. The number of carbonyl (C=O) groups is 1. The minimum atomic E-state index is -0.928. The molecule has 2 heterocycles. The van der Waals surface area contributed by atoms with Crippen molar-refractivity contribution in [3.8, 4) is 0 Å². The van der Waals surface area contributed by atoms with Gasteiger partial charge >= 0.3 is 5.97 Å². The molecule has 0 saturated heterocycles. The molecule has 0 atom stereocenters. The van der Waals surface area contributed by atoms with Crippen LogP contribution < -0.4 is 11.5 Å². The van der Waals surface area contributed by atoms with Gasteiger partial charge in [0, 0.05) is 5.69 Å². The molecule has 0 radical (unpaired) electrons. The molecule has 23 heavy (non-hydrogen) atoms. The molecule has 0 bridgehead atoms. The first-order valence-corrected chi connectivity index (χ1v) is 7.04. The maximum absolute atomic E-state index is 10.8. The zero-order chi connectivity index (χ0) is 16.4. The van der Waals surface area contributed by atoms with E-state index in [1.54, 1.807) is 12.1 Å². The summed E-state index contributed by atoms with van der Waals surface area (Å²) in [6, 6.07) is 10.5. The molecule has 5 N–H and O–H groups in total. The lowest BCUT2D eigenvalue weighted by Gasteiger charge is -2.06. The lowest BCUT2D eigenvalue weighted by Crippen LogP contribution is -2.03. The molecule has 7 nitrogen and oxygen atoms in total. The van der Waals surface area contributed by atoms with E-state index in [0.717, 1.165) is 17.7 Å². The second-order valence-corrected chi connectivity index (χ2v) is 5.14. The normalized spacial score (nSPS) is 10.8. The molecule has 3 aromatic rings. The molecule has 116 valence electrons. The van der Waals surface area contributed by atoms with Crippen LogP contribution in [-0.2, 0) is 12.8 Å². The molecule has 0 spiro atoms. The minimum Gasteiger partial charge on any atom is -0.478 e. The number of pyridine rings is 1. The number of hydrogen-bond donors (Lipinski definition) is 3. The van der Waals surface area contributed by atoms with Gasteiger partial charge in [0.1, 0.15) is 5.52 Å². The van der Waals surface area contributed by atoms with Gasteiger partial charge in [0.2, 0.25) is 5.95 Å². The molecule has 7 heteroatoms. The Bertz CT molecular complexity index is 878. The zero-order valence-electron chi connectivity index (χ0n) is 12.2. The predicted molar refractivity (Wildman–Crippen MR) is 87.0 cm³/mol. The molecule has 0 unspecified atom stereocenters. The zero-order valence-corrected chi connectivity index (χ0v) is 12.2. The van der Waals surface area contributed by atoms with E-state index in [0.29, 0.717) is 17.5 Å². The van der Waals surface area contributed by atoms with Crippen LogP contribution in [0.15, 0.2) is 36.4 Å². The number of nitrogens with two attached hydrogens (primary N) is 2. The van der Waals surface area contributed by atoms with E-state index >= 15 is 0 Å². The van der Waals surface area contributed by atoms with Crippen molar-refractivity contribution in [3.63, 3.8) is 0 Å². The number of nitrogens with zero attached hydrogens (tertiary/aromatic N) is 3. The van der Waals surface area contributed by atoms with E-state index in [9.17, 15) is 4.79 Å². The molecular formula is C16H15N5O2. The van der Waals surface area contributed by atoms with Crippen LogP contribution in [0.4, 0.5) is 11.8 Å². The van der Waals surface area contributed by atoms with Gasteiger partial charge in [-0.05, 0) is 42.7 Å². The summed E-state index contributed by atoms with van der Waals surface area (Å²) in [4.78, 5) is 23.3. The molecule has 0 aliphatic heterocycles. The average molecular weight is 309 g/mol. The van der Waals surface area contributed by atoms with Crippen molar-refractivity contribution >= 4 is 28.8 Å². The van der Waals surface area contributed by atoms with E-state index < -0.39 is 5.97 Å². The van der Waals surface area contributed by atoms with E-state index in [-0.39, 0.29) is 17.3 Å². The van der Waals surface area contributed by atoms with Gasteiger partial charge in [-0.25, -0.2) is 14.8 Å². The third kappa shape index (κ3) is 3.18. The quantitative estimate of drug-likeness (QED) is 0.668. The van der Waals surface area contributed by atoms with Crippen molar-refractivity contribution < 1.29 is 9.90 Å². The predicted octanol–water partition coefficient (Wildman–Crippen LogP) is 1.67. The number of anilines is 2. The number of aromatic nitrogens is 3. The second-order valence-electron chi connectivity index (χ2n) is 5.14. The van der Waals surface area contributed by atoms with Gasteiger partial charge in [-0.15, -0.1) is 0 Å². The Labute approximate surface area is 132 Å². The lowest BCUT2D eigenvalue weighted by atomic mass is 10.1. The number of benzene rings is 1. The van der Waals surface area contributed by atoms with E-state index in [1.807, 2.05) is 24.3 Å². The fourth-order valence-corrected chi connectivity index (χ4v) is 2.32. The van der Waals surface area contributed by atoms with Gasteiger partial charge in [0.25, 0.3) is 0 Å². The Morgan fingerprint density at radius 1 is 0.957 bits per heavy atom. The summed E-state index contributed by atoms with van der Waals surface area (Å²) in [7, 11) is 0. The summed E-state index contributed by atoms with van der Waals surface area (Å²) in [5.41, 5.74) is 14.7. The van der Waals surface area contributed by atoms with Gasteiger partial charge in [-0.1, -0.05) is 12.1 Å². The first-order valence-electron chi connectivity index (χ1n) is 7.04. The maximum Gasteiger partial charge on any atom is 0.335 e. The summed E-state index contributed by atoms with van der Waals surface area (Å²) in [5, 5.41) is 8.89. The van der Waals surface area contributed by atoms with Crippen molar-refractivity contribution in [1.29, 1.82) is 0 Å². The molecule has 2 aromatic heterocycles. The summed E-state index contributed by atoms with van der Waals surface area (Å²) >= 11 is 0. The molecule has 0 aliphatic carbocycles. The summed E-state index contributed by atoms with van der Waals surface area (Å²) in [5.74, 6) is -0.536. The van der Waals surface area contributed by atoms with E-state index in [4.69, 9.17) is 16.6 Å². The topological polar surface area (TPSA) is 128 Å². The average Bonchev–Trinajstić information content (AvgIpc) is 2.53. The summed E-state index contributed by atoms with van der Waals surface area (Å²) in [6.45, 7) is 0. The van der Waals surface area contributed by atoms with Crippen LogP contribution in [0.1, 0.15) is 21.6 Å². The first kappa shape index (κ1) is 14.7. The van der Waals surface area contributed by atoms with Crippen LogP contribution in [0.2, 0.25) is 0 Å². The standard InChI is InChI=1S/C16H15N5O2/c17-14-13-12(20-16(18)21-14)8-7-11(19-13)6-3-9-1-4-10(5-2-9)15(22)23/h1-2,4-5,7-8H,3,6H2,(H,22,23)(H4,17,18,20,21). The summed E-state index contributed by atoms with van der Waals surface area (Å²) < 4.78 is 0. The smallest absolute Gasteiger partial charge is 0.335 e. The number of aromatic carboxylic acids is 1. The van der Waals surface area contributed by atoms with Crippen LogP contribution in [-0.4, -0.2) is 26.0 Å². The van der Waals surface area contributed by atoms with Crippen molar-refractivity contribution in [2.75, 3.05) is 11.5 Å². The molecule has 3 rings (SSSR count). The Hall–Kier alpha value is -3.22. The third-order valence-corrected chi connectivity index (χ3v) is 3.51. The van der Waals surface area contributed by atoms with Crippen LogP contribution in [0, 0.1) is 0 Å². The van der Waals surface area contributed by atoms with Gasteiger partial charge in [-0.3, -0.25) is 0 Å². The largest absolute Gasteiger partial charge is 0.478 e. The van der Waals surface area contributed by atoms with Gasteiger partial charge in [0.15, 0.2) is 5.82 Å². The number of hydrogen-bond acceptors (Lipinski definition) is 6. The number of rotatable bonds is 4. The highest BCUT2D eigenvalue weighted by molar-refractivity contribution is 5.87. The van der Waals surface area contributed by atoms with Crippen LogP contribution >= 0.6 is 0 Å². The van der Waals surface area contributed by atoms with Gasteiger partial charge in [0.05, 0.1) is 11.1 Å². The monoisotopic (exact) mass is 309 g/mol. The first-order chi connectivity index (χ1) is 11.0. The highest BCUT2D eigenvalue weighted by atomic mass is 16.4. The second kappa shape index (κ2) is 5.88. The third-order valence-electron chi connectivity index (χ3n) is 3.51. The molecule has 0 fully saturated rings. The van der Waals surface area contributed by atoms with Gasteiger partial charge < -0.3 is 16.6 Å². The SMILES string of the molecule is Nc1nc(N)c2nc(CCc3ccc(C(=O)O)cc3)ccc2n1. The highest BCUT2D eigenvalue weighted by Crippen LogP contribution is 2.17. The fourth-order valence-electron chi connectivity index (χ4n) is 2.32.